The molecule has 0 bridgehead atoms. The van der Waals surface area contributed by atoms with E-state index in [-0.39, 0.29) is 17.4 Å². The second-order valence-electron chi connectivity index (χ2n) is 10.2. The Morgan fingerprint density at radius 1 is 0.947 bits per heavy atom. The molecule has 2 aliphatic carbocycles. The third-order valence-corrected chi connectivity index (χ3v) is 7.43. The van der Waals surface area contributed by atoms with E-state index in [0.29, 0.717) is 17.5 Å². The van der Waals surface area contributed by atoms with Crippen LogP contribution < -0.4 is 10.9 Å². The van der Waals surface area contributed by atoms with Gasteiger partial charge in [-0.25, -0.2) is 4.79 Å². The SMILES string of the molecule is O=C(Nc1cccc(CC2CC2)c1)[C@H](c1ccc(Cn2cc(Cl)ccc2=O)cc1)C1CCCC1.O=C(O)O. The van der Waals surface area contributed by atoms with Crippen LogP contribution in [-0.2, 0) is 17.8 Å². The molecular formula is C30H33ClN2O5. The number of hydrogen-bond donors (Lipinski definition) is 3. The van der Waals surface area contributed by atoms with Crippen LogP contribution in [0.1, 0.15) is 61.1 Å². The Morgan fingerprint density at radius 2 is 1.63 bits per heavy atom. The van der Waals surface area contributed by atoms with E-state index in [2.05, 4.69) is 29.6 Å². The maximum absolute atomic E-state index is 13.5. The van der Waals surface area contributed by atoms with Gasteiger partial charge in [0.05, 0.1) is 17.5 Å². The Hall–Kier alpha value is -3.58. The number of aromatic nitrogens is 1. The molecule has 200 valence electrons. The van der Waals surface area contributed by atoms with Gasteiger partial charge in [-0.05, 0) is 78.8 Å². The average molecular weight is 537 g/mol. The highest BCUT2D eigenvalue weighted by molar-refractivity contribution is 6.30. The van der Waals surface area contributed by atoms with E-state index in [1.54, 1.807) is 16.8 Å². The number of nitrogens with zero attached hydrogens (tertiary/aromatic N) is 1. The van der Waals surface area contributed by atoms with Crippen molar-refractivity contribution in [2.45, 2.75) is 57.4 Å². The molecule has 2 aromatic carbocycles. The normalized spacial score (nSPS) is 15.8. The zero-order valence-corrected chi connectivity index (χ0v) is 21.9. The molecule has 3 N–H and O–H groups in total. The summed E-state index contributed by atoms with van der Waals surface area (Å²) in [6.45, 7) is 0.452. The van der Waals surface area contributed by atoms with Crippen LogP contribution in [0.3, 0.4) is 0 Å². The van der Waals surface area contributed by atoms with Crippen molar-refractivity contribution in [1.29, 1.82) is 0 Å². The van der Waals surface area contributed by atoms with Crippen molar-refractivity contribution in [2.24, 2.45) is 11.8 Å². The molecule has 2 fully saturated rings. The maximum atomic E-state index is 13.5. The van der Waals surface area contributed by atoms with Gasteiger partial charge in [-0.1, -0.05) is 60.8 Å². The largest absolute Gasteiger partial charge is 0.503 e. The van der Waals surface area contributed by atoms with E-state index in [1.807, 2.05) is 24.3 Å². The fraction of sp³-hybridized carbons (Fsp3) is 0.367. The Kier molecular flexibility index (Phi) is 9.24. The number of anilines is 1. The predicted octanol–water partition coefficient (Wildman–Crippen LogP) is 6.64. The van der Waals surface area contributed by atoms with E-state index in [4.69, 9.17) is 26.6 Å². The van der Waals surface area contributed by atoms with Gasteiger partial charge in [0.15, 0.2) is 0 Å². The number of carbonyl (C=O) groups is 2. The molecule has 0 unspecified atom stereocenters. The van der Waals surface area contributed by atoms with E-state index in [1.165, 1.54) is 37.3 Å². The Labute approximate surface area is 227 Å². The van der Waals surface area contributed by atoms with Gasteiger partial charge in [0.25, 0.3) is 5.56 Å². The fourth-order valence-electron chi connectivity index (χ4n) is 5.23. The number of halogens is 1. The van der Waals surface area contributed by atoms with Gasteiger partial charge in [-0.3, -0.25) is 9.59 Å². The summed E-state index contributed by atoms with van der Waals surface area (Å²) in [7, 11) is 0. The van der Waals surface area contributed by atoms with E-state index < -0.39 is 6.16 Å². The molecule has 0 aliphatic heterocycles. The molecule has 1 heterocycles. The number of hydrogen-bond acceptors (Lipinski definition) is 3. The summed E-state index contributed by atoms with van der Waals surface area (Å²) in [4.78, 5) is 34.2. The third-order valence-electron chi connectivity index (χ3n) is 7.21. The van der Waals surface area contributed by atoms with Crippen molar-refractivity contribution in [2.75, 3.05) is 5.32 Å². The van der Waals surface area contributed by atoms with Crippen LogP contribution in [0.25, 0.3) is 0 Å². The lowest BCUT2D eigenvalue weighted by molar-refractivity contribution is -0.118. The number of carbonyl (C=O) groups excluding carboxylic acids is 1. The summed E-state index contributed by atoms with van der Waals surface area (Å²) in [6.07, 6.45) is 8.10. The van der Waals surface area contributed by atoms with E-state index >= 15 is 0 Å². The summed E-state index contributed by atoms with van der Waals surface area (Å²) in [6, 6.07) is 19.6. The number of benzene rings is 2. The lowest BCUT2D eigenvalue weighted by Gasteiger charge is -2.24. The smallest absolute Gasteiger partial charge is 0.450 e. The van der Waals surface area contributed by atoms with Crippen LogP contribution in [0.2, 0.25) is 5.02 Å². The second-order valence-corrected chi connectivity index (χ2v) is 10.6. The number of rotatable bonds is 8. The molecule has 38 heavy (non-hydrogen) atoms. The molecule has 1 aromatic heterocycles. The molecule has 0 radical (unpaired) electrons. The Bertz CT molecular complexity index is 1310. The molecule has 0 spiro atoms. The Morgan fingerprint density at radius 3 is 2.29 bits per heavy atom. The molecule has 2 aliphatic rings. The molecule has 5 rings (SSSR count). The van der Waals surface area contributed by atoms with Gasteiger partial charge in [-0.2, -0.15) is 0 Å². The van der Waals surface area contributed by atoms with Crippen molar-refractivity contribution >= 4 is 29.4 Å². The second kappa shape index (κ2) is 12.8. The van der Waals surface area contributed by atoms with Crippen molar-refractivity contribution in [3.05, 3.63) is 98.9 Å². The highest BCUT2D eigenvalue weighted by Gasteiger charge is 2.32. The quantitative estimate of drug-likeness (QED) is 0.299. The molecule has 1 amide bonds. The summed E-state index contributed by atoms with van der Waals surface area (Å²) in [5, 5.41) is 17.7. The van der Waals surface area contributed by atoms with Gasteiger partial charge in [0.2, 0.25) is 5.91 Å². The first-order valence-corrected chi connectivity index (χ1v) is 13.4. The first-order valence-electron chi connectivity index (χ1n) is 13.0. The number of pyridine rings is 1. The highest BCUT2D eigenvalue weighted by atomic mass is 35.5. The van der Waals surface area contributed by atoms with Gasteiger partial charge < -0.3 is 20.1 Å². The van der Waals surface area contributed by atoms with Crippen molar-refractivity contribution in [1.82, 2.24) is 4.57 Å². The molecule has 2 saturated carbocycles. The molecule has 3 aromatic rings. The minimum absolute atomic E-state index is 0.0780. The van der Waals surface area contributed by atoms with E-state index in [0.717, 1.165) is 42.0 Å². The molecule has 7 nitrogen and oxygen atoms in total. The number of amides is 1. The lowest BCUT2D eigenvalue weighted by atomic mass is 9.83. The molecular weight excluding hydrogens is 504 g/mol. The van der Waals surface area contributed by atoms with Crippen LogP contribution in [0.5, 0.6) is 0 Å². The van der Waals surface area contributed by atoms with Gasteiger partial charge in [0, 0.05) is 18.0 Å². The third kappa shape index (κ3) is 7.96. The summed E-state index contributed by atoms with van der Waals surface area (Å²) in [5.74, 6) is 1.08. The predicted molar refractivity (Wildman–Crippen MR) is 148 cm³/mol. The summed E-state index contributed by atoms with van der Waals surface area (Å²) >= 11 is 6.06. The maximum Gasteiger partial charge on any atom is 0.503 e. The topological polar surface area (TPSA) is 109 Å². The molecule has 8 heteroatoms. The zero-order chi connectivity index (χ0) is 27.1. The van der Waals surface area contributed by atoms with Crippen LogP contribution in [0.4, 0.5) is 10.5 Å². The number of carboxylic acid groups (broad SMARTS) is 2. The van der Waals surface area contributed by atoms with Crippen molar-refractivity contribution in [3.63, 3.8) is 0 Å². The van der Waals surface area contributed by atoms with Gasteiger partial charge >= 0.3 is 6.16 Å². The van der Waals surface area contributed by atoms with Crippen molar-refractivity contribution < 1.29 is 19.8 Å². The monoisotopic (exact) mass is 536 g/mol. The standard InChI is InChI=1S/C29H31ClN2O2.CH2O3/c30-25-14-15-27(33)32(19-25)18-21-10-12-24(13-11-21)28(23-5-1-2-6-23)29(34)31-26-7-3-4-22(17-26)16-20-8-9-20;2-1(3)4/h3-4,7,10-15,17,19-20,23,28H,1-2,5-6,8-9,16,18H2,(H,31,34);(H2,2,3,4)/t28-;/m0./s1. The summed E-state index contributed by atoms with van der Waals surface area (Å²) < 4.78 is 1.60. The van der Waals surface area contributed by atoms with Crippen LogP contribution in [-0.4, -0.2) is 26.8 Å². The van der Waals surface area contributed by atoms with Gasteiger partial charge in [-0.15, -0.1) is 0 Å². The van der Waals surface area contributed by atoms with Crippen molar-refractivity contribution in [3.8, 4) is 0 Å². The van der Waals surface area contributed by atoms with Crippen LogP contribution >= 0.6 is 11.6 Å². The Balaban J connectivity index is 0.000000786. The minimum Gasteiger partial charge on any atom is -0.450 e. The summed E-state index contributed by atoms with van der Waals surface area (Å²) in [5.41, 5.74) is 4.16. The highest BCUT2D eigenvalue weighted by Crippen LogP contribution is 2.38. The lowest BCUT2D eigenvalue weighted by Crippen LogP contribution is -2.26. The van der Waals surface area contributed by atoms with Gasteiger partial charge in [0.1, 0.15) is 0 Å². The van der Waals surface area contributed by atoms with Crippen LogP contribution in [0, 0.1) is 11.8 Å². The first kappa shape index (κ1) is 27.5. The average Bonchev–Trinajstić information content (AvgIpc) is 3.52. The van der Waals surface area contributed by atoms with Crippen LogP contribution in [0.15, 0.2) is 71.7 Å². The molecule has 1 atom stereocenters. The number of nitrogens with one attached hydrogen (secondary N) is 1. The molecule has 0 saturated heterocycles. The minimum atomic E-state index is -1.83. The first-order chi connectivity index (χ1) is 18.3. The van der Waals surface area contributed by atoms with E-state index in [9.17, 15) is 9.59 Å². The fourth-order valence-corrected chi connectivity index (χ4v) is 5.41. The zero-order valence-electron chi connectivity index (χ0n) is 21.2.